The number of methoxy groups -OCH3 is 1. The topological polar surface area (TPSA) is 63.7 Å². The number of rotatable bonds is 7. The van der Waals surface area contributed by atoms with Crippen molar-refractivity contribution in [1.29, 1.82) is 0 Å². The first-order chi connectivity index (χ1) is 9.70. The number of ether oxygens (including phenoxy) is 1. The van der Waals surface area contributed by atoms with Crippen LogP contribution in [0.1, 0.15) is 13.8 Å². The Labute approximate surface area is 126 Å². The molecule has 0 fully saturated rings. The molecule has 5 nitrogen and oxygen atoms in total. The van der Waals surface area contributed by atoms with Crippen molar-refractivity contribution in [2.45, 2.75) is 24.0 Å². The number of Topliss-reactive ketones (excluding diaryl/α,β-unsaturated/α-hetero) is 1. The molecule has 1 rings (SSSR count). The third kappa shape index (κ3) is 4.28. The number of carbonyl (C=O) groups excluding carboxylic acids is 1. The summed E-state index contributed by atoms with van der Waals surface area (Å²) in [4.78, 5) is 14.1. The number of hydrogen-bond donors (Lipinski definition) is 0. The van der Waals surface area contributed by atoms with Crippen LogP contribution in [0.4, 0.5) is 0 Å². The van der Waals surface area contributed by atoms with Crippen LogP contribution in [0.5, 0.6) is 5.75 Å². The van der Waals surface area contributed by atoms with E-state index >= 15 is 0 Å². The molecular weight excluding hydrogens is 290 g/mol. The van der Waals surface area contributed by atoms with Gasteiger partial charge < -0.3 is 9.64 Å². The van der Waals surface area contributed by atoms with Crippen molar-refractivity contribution in [2.24, 2.45) is 5.92 Å². The summed E-state index contributed by atoms with van der Waals surface area (Å²) in [5.74, 6) is -0.0178. The fourth-order valence-corrected chi connectivity index (χ4v) is 3.89. The zero-order valence-corrected chi connectivity index (χ0v) is 14.0. The maximum Gasteiger partial charge on any atom is 0.189 e. The molecule has 0 aliphatic rings. The Morgan fingerprint density at radius 3 is 2.10 bits per heavy atom. The quantitative estimate of drug-likeness (QED) is 0.765. The molecule has 0 amide bonds. The zero-order valence-electron chi connectivity index (χ0n) is 13.2. The van der Waals surface area contributed by atoms with Crippen molar-refractivity contribution in [1.82, 2.24) is 4.90 Å². The first kappa shape index (κ1) is 17.7. The van der Waals surface area contributed by atoms with Crippen LogP contribution >= 0.6 is 0 Å². The third-order valence-corrected chi connectivity index (χ3v) is 5.24. The summed E-state index contributed by atoms with van der Waals surface area (Å²) in [6, 6.07) is 6.12. The average Bonchev–Trinajstić information content (AvgIpc) is 2.43. The minimum Gasteiger partial charge on any atom is -0.497 e. The number of nitrogens with zero attached hydrogens (tertiary/aromatic N) is 1. The van der Waals surface area contributed by atoms with Crippen LogP contribution in [-0.2, 0) is 14.6 Å². The summed E-state index contributed by atoms with van der Waals surface area (Å²) >= 11 is 0. The molecule has 118 valence electrons. The van der Waals surface area contributed by atoms with Gasteiger partial charge in [0.25, 0.3) is 0 Å². The molecular formula is C15H23NO4S. The highest BCUT2D eigenvalue weighted by Crippen LogP contribution is 2.22. The summed E-state index contributed by atoms with van der Waals surface area (Å²) in [5.41, 5.74) is 0. The van der Waals surface area contributed by atoms with E-state index in [1.54, 1.807) is 45.0 Å². The van der Waals surface area contributed by atoms with Gasteiger partial charge in [-0.15, -0.1) is 0 Å². The van der Waals surface area contributed by atoms with Crippen LogP contribution in [0.15, 0.2) is 29.2 Å². The maximum atomic E-state index is 12.7. The Morgan fingerprint density at radius 1 is 1.19 bits per heavy atom. The summed E-state index contributed by atoms with van der Waals surface area (Å²) in [6.45, 7) is 3.61. The molecule has 0 aliphatic heterocycles. The van der Waals surface area contributed by atoms with Gasteiger partial charge in [0.2, 0.25) is 0 Å². The molecule has 21 heavy (non-hydrogen) atoms. The van der Waals surface area contributed by atoms with Crippen molar-refractivity contribution in [3.05, 3.63) is 24.3 Å². The fourth-order valence-electron chi connectivity index (χ4n) is 1.97. The summed E-state index contributed by atoms with van der Waals surface area (Å²) in [6.07, 6.45) is 0. The Bertz CT molecular complexity index is 576. The molecule has 1 atom stereocenters. The number of sulfone groups is 1. The van der Waals surface area contributed by atoms with Crippen LogP contribution in [0.3, 0.4) is 0 Å². The number of ketones is 1. The molecule has 0 radical (unpaired) electrons. The molecule has 1 unspecified atom stereocenters. The first-order valence-corrected chi connectivity index (χ1v) is 8.31. The van der Waals surface area contributed by atoms with Gasteiger partial charge in [-0.05, 0) is 38.4 Å². The summed E-state index contributed by atoms with van der Waals surface area (Å²) in [5, 5.41) is -1.05. The second-order valence-electron chi connectivity index (χ2n) is 5.53. The Hall–Kier alpha value is -1.40. The lowest BCUT2D eigenvalue weighted by Gasteiger charge is -2.22. The maximum absolute atomic E-state index is 12.7. The predicted molar refractivity (Wildman–Crippen MR) is 82.4 cm³/mol. The lowest BCUT2D eigenvalue weighted by atomic mass is 10.1. The smallest absolute Gasteiger partial charge is 0.189 e. The minimum atomic E-state index is -3.71. The van der Waals surface area contributed by atoms with Crippen molar-refractivity contribution < 1.29 is 17.9 Å². The van der Waals surface area contributed by atoms with Crippen molar-refractivity contribution in [3.8, 4) is 5.75 Å². The largest absolute Gasteiger partial charge is 0.497 e. The molecule has 1 aromatic rings. The van der Waals surface area contributed by atoms with Gasteiger partial charge in [0, 0.05) is 12.5 Å². The van der Waals surface area contributed by atoms with E-state index in [4.69, 9.17) is 4.74 Å². The molecule has 0 N–H and O–H groups in total. The van der Waals surface area contributed by atoms with E-state index in [1.807, 2.05) is 0 Å². The van der Waals surface area contributed by atoms with Gasteiger partial charge in [0.05, 0.1) is 12.0 Å². The molecule has 0 aromatic heterocycles. The fraction of sp³-hybridized carbons (Fsp3) is 0.533. The lowest BCUT2D eigenvalue weighted by Crippen LogP contribution is -2.41. The molecule has 0 aliphatic carbocycles. The van der Waals surface area contributed by atoms with Crippen LogP contribution in [0.2, 0.25) is 0 Å². The van der Waals surface area contributed by atoms with Gasteiger partial charge in [-0.25, -0.2) is 8.42 Å². The highest BCUT2D eigenvalue weighted by atomic mass is 32.2. The molecule has 0 saturated heterocycles. The third-order valence-electron chi connectivity index (χ3n) is 3.18. The average molecular weight is 313 g/mol. The van der Waals surface area contributed by atoms with E-state index in [1.165, 1.54) is 19.2 Å². The summed E-state index contributed by atoms with van der Waals surface area (Å²) < 4.78 is 30.5. The van der Waals surface area contributed by atoms with Gasteiger partial charge in [0.1, 0.15) is 11.0 Å². The van der Waals surface area contributed by atoms with Gasteiger partial charge in [-0.1, -0.05) is 13.8 Å². The molecule has 0 heterocycles. The van der Waals surface area contributed by atoms with E-state index in [2.05, 4.69) is 0 Å². The van der Waals surface area contributed by atoms with E-state index in [9.17, 15) is 13.2 Å². The van der Waals surface area contributed by atoms with Crippen molar-refractivity contribution in [2.75, 3.05) is 27.7 Å². The van der Waals surface area contributed by atoms with Gasteiger partial charge >= 0.3 is 0 Å². The van der Waals surface area contributed by atoms with Crippen LogP contribution in [-0.4, -0.2) is 52.1 Å². The van der Waals surface area contributed by atoms with E-state index in [0.29, 0.717) is 5.75 Å². The highest BCUT2D eigenvalue weighted by molar-refractivity contribution is 7.92. The number of benzene rings is 1. The molecule has 0 bridgehead atoms. The van der Waals surface area contributed by atoms with Crippen LogP contribution in [0, 0.1) is 5.92 Å². The second-order valence-corrected chi connectivity index (χ2v) is 7.66. The Kier molecular flexibility index (Phi) is 5.92. The number of carbonyl (C=O) groups is 1. The SMILES string of the molecule is COc1ccc(S(=O)(=O)C(CN(C)C)C(=O)C(C)C)cc1. The van der Waals surface area contributed by atoms with Gasteiger partial charge in [-0.2, -0.15) is 0 Å². The van der Waals surface area contributed by atoms with Gasteiger partial charge in [-0.3, -0.25) is 4.79 Å². The standard InChI is InChI=1S/C15H23NO4S/c1-11(2)15(17)14(10-16(3)4)21(18,19)13-8-6-12(20-5)7-9-13/h6-9,11,14H,10H2,1-5H3. The summed E-state index contributed by atoms with van der Waals surface area (Å²) in [7, 11) is 1.31. The molecule has 1 aromatic carbocycles. The Balaban J connectivity index is 3.22. The van der Waals surface area contributed by atoms with Crippen LogP contribution in [0.25, 0.3) is 0 Å². The molecule has 0 spiro atoms. The molecule has 6 heteroatoms. The van der Waals surface area contributed by atoms with E-state index in [0.717, 1.165) is 0 Å². The van der Waals surface area contributed by atoms with E-state index < -0.39 is 15.1 Å². The van der Waals surface area contributed by atoms with E-state index in [-0.39, 0.29) is 23.1 Å². The monoisotopic (exact) mass is 313 g/mol. The van der Waals surface area contributed by atoms with Crippen molar-refractivity contribution in [3.63, 3.8) is 0 Å². The number of hydrogen-bond acceptors (Lipinski definition) is 5. The second kappa shape index (κ2) is 7.04. The molecule has 0 saturated carbocycles. The zero-order chi connectivity index (χ0) is 16.2. The Morgan fingerprint density at radius 2 is 1.71 bits per heavy atom. The first-order valence-electron chi connectivity index (χ1n) is 6.76. The predicted octanol–water partition coefficient (Wildman–Crippen LogP) is 1.62. The van der Waals surface area contributed by atoms with Crippen LogP contribution < -0.4 is 4.74 Å². The minimum absolute atomic E-state index is 0.143. The highest BCUT2D eigenvalue weighted by Gasteiger charge is 2.35. The lowest BCUT2D eigenvalue weighted by molar-refractivity contribution is -0.121. The van der Waals surface area contributed by atoms with Gasteiger partial charge in [0.15, 0.2) is 15.6 Å². The van der Waals surface area contributed by atoms with Crippen molar-refractivity contribution >= 4 is 15.6 Å². The normalized spacial score (nSPS) is 13.5.